The van der Waals surface area contributed by atoms with Gasteiger partial charge in [-0.3, -0.25) is 10.1 Å². The largest absolute Gasteiger partial charge is 0.449 e. The summed E-state index contributed by atoms with van der Waals surface area (Å²) < 4.78 is 32.4. The molecule has 0 saturated heterocycles. The first-order chi connectivity index (χ1) is 17.2. The number of carbonyl (C=O) groups is 2. The van der Waals surface area contributed by atoms with Crippen LogP contribution in [-0.4, -0.2) is 35.3 Å². The van der Waals surface area contributed by atoms with Crippen LogP contribution >= 0.6 is 11.6 Å². The molecule has 0 aliphatic heterocycles. The Morgan fingerprint density at radius 1 is 1.11 bits per heavy atom. The third-order valence-electron chi connectivity index (χ3n) is 5.96. The average molecular weight is 520 g/mol. The number of aromatic nitrogens is 1. The SMILES string of the molecule is CC(CCCCO)(CCOC(=O)Nc1cc2cc(F)ccc2cn1)C(=O)NCc1cccc(F)c1Cl. The lowest BCUT2D eigenvalue weighted by Gasteiger charge is -2.28. The van der Waals surface area contributed by atoms with E-state index < -0.39 is 23.1 Å². The highest BCUT2D eigenvalue weighted by Crippen LogP contribution is 2.30. The number of unbranched alkanes of at least 4 members (excludes halogenated alkanes) is 1. The molecule has 0 radical (unpaired) electrons. The summed E-state index contributed by atoms with van der Waals surface area (Å²) in [4.78, 5) is 29.4. The number of fused-ring (bicyclic) bond motifs is 1. The van der Waals surface area contributed by atoms with E-state index in [0.717, 1.165) is 5.39 Å². The molecular weight excluding hydrogens is 492 g/mol. The van der Waals surface area contributed by atoms with Crippen LogP contribution in [0, 0.1) is 17.0 Å². The van der Waals surface area contributed by atoms with E-state index in [4.69, 9.17) is 21.4 Å². The fraction of sp³-hybridized carbons (Fsp3) is 0.346. The van der Waals surface area contributed by atoms with Gasteiger partial charge >= 0.3 is 6.09 Å². The Labute approximate surface area is 212 Å². The fourth-order valence-corrected chi connectivity index (χ4v) is 3.94. The van der Waals surface area contributed by atoms with Crippen LogP contribution in [0.25, 0.3) is 10.8 Å². The number of halogens is 3. The second-order valence-corrected chi connectivity index (χ2v) is 9.09. The molecular formula is C26H28ClF2N3O4. The molecule has 10 heteroatoms. The van der Waals surface area contributed by atoms with E-state index in [-0.39, 0.29) is 42.9 Å². The quantitative estimate of drug-likeness (QED) is 0.287. The molecule has 192 valence electrons. The number of ether oxygens (including phenoxy) is 1. The zero-order chi connectivity index (χ0) is 26.1. The van der Waals surface area contributed by atoms with Gasteiger partial charge < -0.3 is 15.2 Å². The third-order valence-corrected chi connectivity index (χ3v) is 6.38. The Hall–Kier alpha value is -3.30. The van der Waals surface area contributed by atoms with Crippen LogP contribution in [0.2, 0.25) is 5.02 Å². The molecule has 3 aromatic rings. The van der Waals surface area contributed by atoms with E-state index in [1.807, 2.05) is 0 Å². The summed E-state index contributed by atoms with van der Waals surface area (Å²) in [5, 5.41) is 15.7. The lowest BCUT2D eigenvalue weighted by molar-refractivity contribution is -0.131. The van der Waals surface area contributed by atoms with Crippen molar-refractivity contribution in [2.24, 2.45) is 5.41 Å². The predicted molar refractivity (Wildman–Crippen MR) is 134 cm³/mol. The van der Waals surface area contributed by atoms with Crippen molar-refractivity contribution in [1.29, 1.82) is 0 Å². The monoisotopic (exact) mass is 519 g/mol. The molecule has 3 rings (SSSR count). The van der Waals surface area contributed by atoms with Gasteiger partial charge in [0.2, 0.25) is 5.91 Å². The lowest BCUT2D eigenvalue weighted by atomic mass is 9.81. The number of nitrogens with one attached hydrogen (secondary N) is 2. The highest BCUT2D eigenvalue weighted by atomic mass is 35.5. The molecule has 0 aliphatic rings. The summed E-state index contributed by atoms with van der Waals surface area (Å²) >= 11 is 5.98. The first-order valence-electron chi connectivity index (χ1n) is 11.5. The third kappa shape index (κ3) is 7.35. The first kappa shape index (κ1) is 27.3. The van der Waals surface area contributed by atoms with E-state index in [1.165, 1.54) is 36.5 Å². The number of benzene rings is 2. The maximum atomic E-state index is 13.7. The van der Waals surface area contributed by atoms with Gasteiger partial charge in [0.15, 0.2) is 0 Å². The summed E-state index contributed by atoms with van der Waals surface area (Å²) in [6.07, 6.45) is 2.52. The van der Waals surface area contributed by atoms with Crippen LogP contribution in [0.5, 0.6) is 0 Å². The molecule has 1 atom stereocenters. The number of amides is 2. The van der Waals surface area contributed by atoms with Crippen molar-refractivity contribution in [1.82, 2.24) is 10.3 Å². The average Bonchev–Trinajstić information content (AvgIpc) is 2.84. The van der Waals surface area contributed by atoms with E-state index >= 15 is 0 Å². The summed E-state index contributed by atoms with van der Waals surface area (Å²) in [6.45, 7) is 1.73. The zero-order valence-electron chi connectivity index (χ0n) is 19.8. The van der Waals surface area contributed by atoms with Gasteiger partial charge in [-0.2, -0.15) is 0 Å². The van der Waals surface area contributed by atoms with Crippen LogP contribution < -0.4 is 10.6 Å². The second kappa shape index (κ2) is 12.6. The Balaban J connectivity index is 1.57. The van der Waals surface area contributed by atoms with Crippen LogP contribution in [-0.2, 0) is 16.1 Å². The van der Waals surface area contributed by atoms with Crippen LogP contribution in [0.1, 0.15) is 38.2 Å². The predicted octanol–water partition coefficient (Wildman–Crippen LogP) is 5.59. The van der Waals surface area contributed by atoms with E-state index in [1.54, 1.807) is 19.1 Å². The van der Waals surface area contributed by atoms with Crippen LogP contribution in [0.15, 0.2) is 48.7 Å². The van der Waals surface area contributed by atoms with Crippen LogP contribution in [0.4, 0.5) is 19.4 Å². The Morgan fingerprint density at radius 3 is 2.69 bits per heavy atom. The number of anilines is 1. The maximum Gasteiger partial charge on any atom is 0.412 e. The van der Waals surface area contributed by atoms with Gasteiger partial charge in [0, 0.05) is 30.1 Å². The van der Waals surface area contributed by atoms with Gasteiger partial charge in [-0.25, -0.2) is 18.6 Å². The molecule has 1 heterocycles. The molecule has 0 saturated carbocycles. The number of hydrogen-bond acceptors (Lipinski definition) is 5. The minimum atomic E-state index is -0.909. The van der Waals surface area contributed by atoms with Crippen molar-refractivity contribution in [3.8, 4) is 0 Å². The summed E-state index contributed by atoms with van der Waals surface area (Å²) in [6, 6.07) is 10.1. The number of nitrogens with zero attached hydrogens (tertiary/aromatic N) is 1. The van der Waals surface area contributed by atoms with E-state index in [9.17, 15) is 18.4 Å². The molecule has 1 unspecified atom stereocenters. The van der Waals surface area contributed by atoms with E-state index in [2.05, 4.69) is 15.6 Å². The Kier molecular flexibility index (Phi) is 9.55. The van der Waals surface area contributed by atoms with Crippen molar-refractivity contribution >= 4 is 40.2 Å². The molecule has 2 amide bonds. The summed E-state index contributed by atoms with van der Waals surface area (Å²) in [5.74, 6) is -1.07. The molecule has 0 aliphatic carbocycles. The number of aliphatic hydroxyl groups is 1. The molecule has 7 nitrogen and oxygen atoms in total. The summed E-state index contributed by atoms with van der Waals surface area (Å²) in [5.41, 5.74) is -0.463. The van der Waals surface area contributed by atoms with Crippen molar-refractivity contribution in [3.63, 3.8) is 0 Å². The van der Waals surface area contributed by atoms with Gasteiger partial charge in [-0.1, -0.05) is 37.1 Å². The molecule has 0 spiro atoms. The molecule has 36 heavy (non-hydrogen) atoms. The highest BCUT2D eigenvalue weighted by Gasteiger charge is 2.33. The van der Waals surface area contributed by atoms with Gasteiger partial charge in [0.25, 0.3) is 0 Å². The summed E-state index contributed by atoms with van der Waals surface area (Å²) in [7, 11) is 0. The van der Waals surface area contributed by atoms with Crippen molar-refractivity contribution < 1.29 is 28.2 Å². The molecule has 0 fully saturated rings. The van der Waals surface area contributed by atoms with Gasteiger partial charge in [-0.15, -0.1) is 0 Å². The number of rotatable bonds is 11. The van der Waals surface area contributed by atoms with E-state index in [0.29, 0.717) is 30.2 Å². The minimum Gasteiger partial charge on any atom is -0.449 e. The van der Waals surface area contributed by atoms with Crippen molar-refractivity contribution in [2.45, 2.75) is 39.2 Å². The van der Waals surface area contributed by atoms with Gasteiger partial charge in [0.05, 0.1) is 11.6 Å². The molecule has 0 bridgehead atoms. The number of pyridine rings is 1. The van der Waals surface area contributed by atoms with Crippen molar-refractivity contribution in [2.75, 3.05) is 18.5 Å². The number of hydrogen-bond donors (Lipinski definition) is 3. The first-order valence-corrected chi connectivity index (χ1v) is 11.9. The van der Waals surface area contributed by atoms with Crippen molar-refractivity contribution in [3.05, 3.63) is 70.9 Å². The number of carbonyl (C=O) groups excluding carboxylic acids is 2. The lowest BCUT2D eigenvalue weighted by Crippen LogP contribution is -2.40. The Morgan fingerprint density at radius 2 is 1.92 bits per heavy atom. The normalized spacial score (nSPS) is 12.7. The Bertz CT molecular complexity index is 1230. The topological polar surface area (TPSA) is 101 Å². The fourth-order valence-electron chi connectivity index (χ4n) is 3.74. The maximum absolute atomic E-state index is 13.7. The molecule has 1 aromatic heterocycles. The van der Waals surface area contributed by atoms with Gasteiger partial charge in [0.1, 0.15) is 17.5 Å². The second-order valence-electron chi connectivity index (χ2n) is 8.71. The smallest absolute Gasteiger partial charge is 0.412 e. The standard InChI is InChI=1S/C26H28ClF2N3O4/c1-26(9-2-3-11-33,24(34)31-16-18-5-4-6-21(29)23(18)27)10-12-36-25(35)32-22-14-19-13-20(28)8-7-17(19)15-30-22/h4-8,13-15,33H,2-3,9-12,16H2,1H3,(H,31,34)(H,30,32,35). The zero-order valence-corrected chi connectivity index (χ0v) is 20.6. The molecule has 3 N–H and O–H groups in total. The molecule has 2 aromatic carbocycles. The van der Waals surface area contributed by atoms with Crippen LogP contribution in [0.3, 0.4) is 0 Å². The van der Waals surface area contributed by atoms with Gasteiger partial charge in [-0.05, 0) is 60.5 Å². The number of aliphatic hydroxyl groups excluding tert-OH is 1. The minimum absolute atomic E-state index is 0.00182. The highest BCUT2D eigenvalue weighted by molar-refractivity contribution is 6.31.